The van der Waals surface area contributed by atoms with Gasteiger partial charge in [-0.1, -0.05) is 6.42 Å². The summed E-state index contributed by atoms with van der Waals surface area (Å²) in [6.07, 6.45) is 2.96. The second-order valence-corrected chi connectivity index (χ2v) is 11.1. The number of likely N-dealkylation sites (N-methyl/N-ethyl adjacent to an activating group) is 1. The van der Waals surface area contributed by atoms with E-state index in [0.29, 0.717) is 31.5 Å². The normalized spacial score (nSPS) is 45.1. The smallest absolute Gasteiger partial charge is 0.223 e. The lowest BCUT2D eigenvalue weighted by atomic mass is 9.76. The Balaban J connectivity index is 1.08. The number of amides is 1. The summed E-state index contributed by atoms with van der Waals surface area (Å²) in [4.78, 5) is 15.5. The molecule has 9 unspecified atom stereocenters. The second kappa shape index (κ2) is 11.6. The van der Waals surface area contributed by atoms with Crippen molar-refractivity contribution in [2.24, 2.45) is 11.8 Å². The van der Waals surface area contributed by atoms with E-state index in [-0.39, 0.29) is 42.5 Å². The molecule has 0 aromatic heterocycles. The molecular weight excluding hydrogens is 456 g/mol. The summed E-state index contributed by atoms with van der Waals surface area (Å²) in [5, 5.41) is 13.8. The molecule has 3 aliphatic heterocycles. The van der Waals surface area contributed by atoms with E-state index >= 15 is 0 Å². The number of alkyl halides is 2. The van der Waals surface area contributed by atoms with E-state index < -0.39 is 18.4 Å². The van der Waals surface area contributed by atoms with Gasteiger partial charge in [-0.3, -0.25) is 15.0 Å². The molecule has 2 aliphatic carbocycles. The van der Waals surface area contributed by atoms with Crippen LogP contribution in [0.5, 0.6) is 0 Å². The lowest BCUT2D eigenvalue weighted by Gasteiger charge is -2.44. The number of hydrogen-bond donors (Lipinski definition) is 6. The highest BCUT2D eigenvalue weighted by molar-refractivity contribution is 5.79. The van der Waals surface area contributed by atoms with Crippen LogP contribution in [0.2, 0.25) is 0 Å². The average Bonchev–Trinajstić information content (AvgIpc) is 3.26. The van der Waals surface area contributed by atoms with Gasteiger partial charge in [0.15, 0.2) is 6.17 Å². The van der Waals surface area contributed by atoms with Crippen molar-refractivity contribution in [3.63, 3.8) is 0 Å². The molecule has 2 saturated carbocycles. The minimum Gasteiger partial charge on any atom is -0.375 e. The van der Waals surface area contributed by atoms with Crippen molar-refractivity contribution in [3.8, 4) is 0 Å². The summed E-state index contributed by atoms with van der Waals surface area (Å²) < 4.78 is 33.8. The number of hydrogen-bond acceptors (Lipinski definition) is 8. The first-order valence-electron chi connectivity index (χ1n) is 13.6. The first kappa shape index (κ1) is 25.7. The fraction of sp³-hybridized carbons (Fsp3) is 0.958. The lowest BCUT2D eigenvalue weighted by molar-refractivity contribution is -0.138. The van der Waals surface area contributed by atoms with Crippen molar-refractivity contribution >= 4 is 5.91 Å². The molecule has 10 atom stereocenters. The zero-order chi connectivity index (χ0) is 24.4. The van der Waals surface area contributed by atoms with Gasteiger partial charge in [0.05, 0.1) is 18.4 Å². The summed E-state index contributed by atoms with van der Waals surface area (Å²) in [6.45, 7) is 3.04. The Bertz CT molecular complexity index is 715. The van der Waals surface area contributed by atoms with Crippen LogP contribution in [0.3, 0.4) is 0 Å². The monoisotopic (exact) mass is 499 g/mol. The van der Waals surface area contributed by atoms with Gasteiger partial charge in [-0.15, -0.1) is 0 Å². The number of ether oxygens (including phenoxy) is 1. The SMILES string of the molecule is CN1C(CNC2CCCC(C(=O)N[C@H]3CCOC4C(F)C(F)CCC43)C2)NNC1C1CCNCN1. The van der Waals surface area contributed by atoms with Crippen LogP contribution in [0.1, 0.15) is 51.4 Å². The van der Waals surface area contributed by atoms with Crippen molar-refractivity contribution in [1.29, 1.82) is 0 Å². The Kier molecular flexibility index (Phi) is 8.53. The standard InChI is InChI=1S/C24H43F2N7O2/c1-33-20(31-32-23(33)19-7-9-27-13-29-19)12-28-15-4-2-3-14(11-15)24(34)30-18-8-10-35-22-16(18)5-6-17(25)21(22)26/h14-23,27-29,31-32H,2-13H2,1H3,(H,30,34)/t14?,15?,16?,17?,18-,19?,20?,21?,22?,23?/m0/s1. The van der Waals surface area contributed by atoms with Crippen LogP contribution in [-0.4, -0.2) is 93.1 Å². The first-order valence-corrected chi connectivity index (χ1v) is 13.6. The molecule has 9 nitrogen and oxygen atoms in total. The Labute approximate surface area is 207 Å². The van der Waals surface area contributed by atoms with Crippen LogP contribution in [0, 0.1) is 11.8 Å². The Morgan fingerprint density at radius 1 is 1.11 bits per heavy atom. The molecule has 35 heavy (non-hydrogen) atoms. The Morgan fingerprint density at radius 2 is 2.00 bits per heavy atom. The van der Waals surface area contributed by atoms with Gasteiger partial charge >= 0.3 is 0 Å². The molecule has 11 heteroatoms. The lowest BCUT2D eigenvalue weighted by Crippen LogP contribution is -2.58. The van der Waals surface area contributed by atoms with Crippen LogP contribution in [-0.2, 0) is 9.53 Å². The van der Waals surface area contributed by atoms with E-state index in [1.165, 1.54) is 0 Å². The van der Waals surface area contributed by atoms with Crippen LogP contribution < -0.4 is 32.1 Å². The molecule has 3 heterocycles. The van der Waals surface area contributed by atoms with Crippen molar-refractivity contribution in [1.82, 2.24) is 37.0 Å². The van der Waals surface area contributed by atoms with Crippen molar-refractivity contribution in [3.05, 3.63) is 0 Å². The van der Waals surface area contributed by atoms with E-state index in [0.717, 1.165) is 51.9 Å². The molecule has 6 N–H and O–H groups in total. The summed E-state index contributed by atoms with van der Waals surface area (Å²) in [6, 6.07) is 0.576. The molecule has 0 spiro atoms. The number of nitrogens with one attached hydrogen (secondary N) is 6. The third kappa shape index (κ3) is 5.81. The van der Waals surface area contributed by atoms with Gasteiger partial charge in [0.1, 0.15) is 6.17 Å². The number of halogens is 2. The highest BCUT2D eigenvalue weighted by atomic mass is 19.2. The van der Waals surface area contributed by atoms with Crippen molar-refractivity contribution < 1.29 is 18.3 Å². The zero-order valence-electron chi connectivity index (χ0n) is 20.8. The van der Waals surface area contributed by atoms with Gasteiger partial charge in [-0.2, -0.15) is 0 Å². The minimum absolute atomic E-state index is 0.0414. The van der Waals surface area contributed by atoms with E-state index in [1.807, 2.05) is 0 Å². The zero-order valence-corrected chi connectivity index (χ0v) is 20.8. The molecule has 5 aliphatic rings. The minimum atomic E-state index is -1.58. The largest absolute Gasteiger partial charge is 0.375 e. The molecule has 0 aromatic carbocycles. The summed E-state index contributed by atoms with van der Waals surface area (Å²) in [5.41, 5.74) is 6.86. The summed E-state index contributed by atoms with van der Waals surface area (Å²) in [7, 11) is 2.14. The Morgan fingerprint density at radius 3 is 2.83 bits per heavy atom. The van der Waals surface area contributed by atoms with Gasteiger partial charge in [-0.05, 0) is 58.5 Å². The molecular formula is C24H43F2N7O2. The summed E-state index contributed by atoms with van der Waals surface area (Å²) in [5.74, 6) is -0.110. The number of fused-ring (bicyclic) bond motifs is 1. The Hall–Kier alpha value is -0.950. The number of nitrogens with zero attached hydrogens (tertiary/aromatic N) is 1. The predicted octanol–water partition coefficient (Wildman–Crippen LogP) is 0.0955. The number of hydrazine groups is 1. The van der Waals surface area contributed by atoms with E-state index in [9.17, 15) is 13.6 Å². The second-order valence-electron chi connectivity index (χ2n) is 11.1. The summed E-state index contributed by atoms with van der Waals surface area (Å²) >= 11 is 0. The van der Waals surface area contributed by atoms with Gasteiger partial charge in [0.25, 0.3) is 0 Å². The maximum absolute atomic E-state index is 14.4. The number of carbonyl (C=O) groups is 1. The van der Waals surface area contributed by atoms with Crippen LogP contribution in [0.4, 0.5) is 8.78 Å². The van der Waals surface area contributed by atoms with Gasteiger partial charge in [0, 0.05) is 49.8 Å². The van der Waals surface area contributed by atoms with Crippen LogP contribution in [0.25, 0.3) is 0 Å². The van der Waals surface area contributed by atoms with Gasteiger partial charge in [0.2, 0.25) is 5.91 Å². The molecule has 0 bridgehead atoms. The fourth-order valence-corrected chi connectivity index (χ4v) is 6.76. The van der Waals surface area contributed by atoms with E-state index in [2.05, 4.69) is 44.1 Å². The molecule has 0 aromatic rings. The topological polar surface area (TPSA) is 102 Å². The maximum Gasteiger partial charge on any atom is 0.223 e. The molecule has 5 fully saturated rings. The van der Waals surface area contributed by atoms with E-state index in [1.54, 1.807) is 0 Å². The predicted molar refractivity (Wildman–Crippen MR) is 129 cm³/mol. The molecule has 3 saturated heterocycles. The van der Waals surface area contributed by atoms with Gasteiger partial charge < -0.3 is 20.7 Å². The third-order valence-electron chi connectivity index (χ3n) is 8.92. The molecule has 200 valence electrons. The van der Waals surface area contributed by atoms with Crippen molar-refractivity contribution in [2.45, 2.75) is 100 Å². The highest BCUT2D eigenvalue weighted by Gasteiger charge is 2.47. The number of rotatable bonds is 6. The first-order chi connectivity index (χ1) is 17.0. The van der Waals surface area contributed by atoms with Crippen LogP contribution in [0.15, 0.2) is 0 Å². The maximum atomic E-state index is 14.4. The molecule has 5 rings (SSSR count). The van der Waals surface area contributed by atoms with Crippen molar-refractivity contribution in [2.75, 3.05) is 33.4 Å². The molecule has 0 radical (unpaired) electrons. The highest BCUT2D eigenvalue weighted by Crippen LogP contribution is 2.37. The average molecular weight is 500 g/mol. The third-order valence-corrected chi connectivity index (χ3v) is 8.92. The number of carbonyl (C=O) groups excluding carboxylic acids is 1. The fourth-order valence-electron chi connectivity index (χ4n) is 6.76. The van der Waals surface area contributed by atoms with Gasteiger partial charge in [-0.25, -0.2) is 19.6 Å². The van der Waals surface area contributed by atoms with Crippen LogP contribution >= 0.6 is 0 Å². The molecule has 1 amide bonds. The quantitative estimate of drug-likeness (QED) is 0.306. The van der Waals surface area contributed by atoms with E-state index in [4.69, 9.17) is 4.74 Å².